The number of aliphatic carboxylic acids is 3. The van der Waals surface area contributed by atoms with Gasteiger partial charge in [-0.1, -0.05) is 0 Å². The Kier molecular flexibility index (Phi) is 6.83. The molecule has 0 aliphatic rings. The van der Waals surface area contributed by atoms with E-state index in [1.165, 1.54) is 11.9 Å². The molecular weight excluding hydrogens is 232 g/mol. The van der Waals surface area contributed by atoms with E-state index in [2.05, 4.69) is 5.32 Å². The molecule has 1 atom stereocenters. The topological polar surface area (TPSA) is 127 Å². The highest BCUT2D eigenvalue weighted by Gasteiger charge is 2.23. The Bertz CT molecular complexity index is 293. The molecule has 17 heavy (non-hydrogen) atoms. The third-order valence-electron chi connectivity index (χ3n) is 2.06. The van der Waals surface area contributed by atoms with Gasteiger partial charge in [-0.25, -0.2) is 0 Å². The number of hydrogen-bond donors (Lipinski definition) is 4. The van der Waals surface area contributed by atoms with Crippen LogP contribution in [0.15, 0.2) is 0 Å². The van der Waals surface area contributed by atoms with Crippen molar-refractivity contribution >= 4 is 17.9 Å². The van der Waals surface area contributed by atoms with Gasteiger partial charge in [-0.2, -0.15) is 0 Å². The Morgan fingerprint density at radius 3 is 2.18 bits per heavy atom. The Labute approximate surface area is 97.8 Å². The number of carboxylic acids is 3. The van der Waals surface area contributed by atoms with Gasteiger partial charge in [0.05, 0.1) is 13.0 Å². The highest BCUT2D eigenvalue weighted by atomic mass is 16.4. The van der Waals surface area contributed by atoms with E-state index in [0.717, 1.165) is 0 Å². The molecule has 0 rings (SSSR count). The summed E-state index contributed by atoms with van der Waals surface area (Å²) in [6, 6.07) is -1.00. The molecule has 0 fully saturated rings. The maximum Gasteiger partial charge on any atom is 0.322 e. The van der Waals surface area contributed by atoms with E-state index in [4.69, 9.17) is 15.3 Å². The molecule has 0 bridgehead atoms. The molecule has 0 aromatic carbocycles. The van der Waals surface area contributed by atoms with E-state index < -0.39 is 30.5 Å². The molecule has 98 valence electrons. The number of carboxylic acid groups (broad SMARTS) is 3. The van der Waals surface area contributed by atoms with Crippen LogP contribution in [0, 0.1) is 0 Å². The molecule has 0 heterocycles. The number of carbonyl (C=O) groups is 3. The van der Waals surface area contributed by atoms with E-state index >= 15 is 0 Å². The number of rotatable bonds is 9. The normalized spacial score (nSPS) is 12.4. The van der Waals surface area contributed by atoms with Gasteiger partial charge in [0.1, 0.15) is 6.04 Å². The molecule has 0 radical (unpaired) electrons. The van der Waals surface area contributed by atoms with Crippen LogP contribution in [0.3, 0.4) is 0 Å². The predicted octanol–water partition coefficient (Wildman–Crippen LogP) is -1.48. The van der Waals surface area contributed by atoms with E-state index in [-0.39, 0.29) is 19.5 Å². The average Bonchev–Trinajstić information content (AvgIpc) is 2.14. The largest absolute Gasteiger partial charge is 0.481 e. The van der Waals surface area contributed by atoms with Crippen molar-refractivity contribution in [3.05, 3.63) is 0 Å². The van der Waals surface area contributed by atoms with Crippen molar-refractivity contribution in [1.82, 2.24) is 10.2 Å². The molecule has 1 unspecified atom stereocenters. The first kappa shape index (κ1) is 15.3. The zero-order valence-corrected chi connectivity index (χ0v) is 9.42. The van der Waals surface area contributed by atoms with Crippen LogP contribution in [0.4, 0.5) is 0 Å². The lowest BCUT2D eigenvalue weighted by atomic mass is 10.2. The van der Waals surface area contributed by atoms with Crippen molar-refractivity contribution < 1.29 is 29.7 Å². The average molecular weight is 248 g/mol. The Hall–Kier alpha value is -1.67. The SMILES string of the molecule is CN(CC(=O)O)C(CNCCC(=O)O)C(=O)O. The van der Waals surface area contributed by atoms with Crippen LogP contribution < -0.4 is 5.32 Å². The van der Waals surface area contributed by atoms with Crippen LogP contribution in [-0.4, -0.2) is 70.9 Å². The van der Waals surface area contributed by atoms with Crippen LogP contribution in [0.25, 0.3) is 0 Å². The van der Waals surface area contributed by atoms with Crippen LogP contribution in [0.2, 0.25) is 0 Å². The number of nitrogens with one attached hydrogen (secondary N) is 1. The molecule has 0 saturated carbocycles. The molecule has 0 aliphatic heterocycles. The Morgan fingerprint density at radius 1 is 1.18 bits per heavy atom. The molecule has 0 aromatic rings. The summed E-state index contributed by atoms with van der Waals surface area (Å²) in [5.41, 5.74) is 0. The van der Waals surface area contributed by atoms with Gasteiger partial charge < -0.3 is 20.6 Å². The van der Waals surface area contributed by atoms with Crippen molar-refractivity contribution in [1.29, 1.82) is 0 Å². The third kappa shape index (κ3) is 7.25. The van der Waals surface area contributed by atoms with Crippen LogP contribution in [0.1, 0.15) is 6.42 Å². The minimum absolute atomic E-state index is 0.00755. The third-order valence-corrected chi connectivity index (χ3v) is 2.06. The smallest absolute Gasteiger partial charge is 0.322 e. The summed E-state index contributed by atoms with van der Waals surface area (Å²) < 4.78 is 0. The van der Waals surface area contributed by atoms with E-state index in [9.17, 15) is 14.4 Å². The lowest BCUT2D eigenvalue weighted by Crippen LogP contribution is -2.47. The first-order chi connectivity index (χ1) is 7.84. The van der Waals surface area contributed by atoms with E-state index in [1.807, 2.05) is 0 Å². The van der Waals surface area contributed by atoms with Gasteiger partial charge in [0.2, 0.25) is 0 Å². The van der Waals surface area contributed by atoms with Crippen molar-refractivity contribution in [2.45, 2.75) is 12.5 Å². The van der Waals surface area contributed by atoms with Crippen LogP contribution in [0.5, 0.6) is 0 Å². The van der Waals surface area contributed by atoms with Crippen molar-refractivity contribution in [3.63, 3.8) is 0 Å². The molecule has 4 N–H and O–H groups in total. The molecule has 8 heteroatoms. The van der Waals surface area contributed by atoms with E-state index in [0.29, 0.717) is 0 Å². The second-order valence-corrected chi connectivity index (χ2v) is 3.51. The lowest BCUT2D eigenvalue weighted by molar-refractivity contribution is -0.145. The molecule has 0 saturated heterocycles. The van der Waals surface area contributed by atoms with Gasteiger partial charge in [0, 0.05) is 13.1 Å². The fraction of sp³-hybridized carbons (Fsp3) is 0.667. The Morgan fingerprint density at radius 2 is 1.76 bits per heavy atom. The van der Waals surface area contributed by atoms with Gasteiger partial charge in [0.25, 0.3) is 0 Å². The first-order valence-electron chi connectivity index (χ1n) is 4.92. The van der Waals surface area contributed by atoms with Crippen molar-refractivity contribution in [2.24, 2.45) is 0 Å². The number of likely N-dealkylation sites (N-methyl/N-ethyl adjacent to an activating group) is 1. The monoisotopic (exact) mass is 248 g/mol. The van der Waals surface area contributed by atoms with E-state index in [1.54, 1.807) is 0 Å². The van der Waals surface area contributed by atoms with Gasteiger partial charge >= 0.3 is 17.9 Å². The van der Waals surface area contributed by atoms with Gasteiger partial charge in [-0.15, -0.1) is 0 Å². The summed E-state index contributed by atoms with van der Waals surface area (Å²) in [6.45, 7) is -0.260. The molecule has 0 spiro atoms. The quantitative estimate of drug-likeness (QED) is 0.364. The zero-order valence-electron chi connectivity index (χ0n) is 9.42. The number of hydrogen-bond acceptors (Lipinski definition) is 5. The summed E-state index contributed by atoms with van der Waals surface area (Å²) in [6.07, 6.45) is -0.116. The summed E-state index contributed by atoms with van der Waals surface area (Å²) in [5, 5.41) is 28.4. The zero-order chi connectivity index (χ0) is 13.4. The highest BCUT2D eigenvalue weighted by Crippen LogP contribution is 1.95. The van der Waals surface area contributed by atoms with Gasteiger partial charge in [0.15, 0.2) is 0 Å². The van der Waals surface area contributed by atoms with Gasteiger partial charge in [-0.3, -0.25) is 19.3 Å². The van der Waals surface area contributed by atoms with Crippen molar-refractivity contribution in [2.75, 3.05) is 26.7 Å². The second-order valence-electron chi connectivity index (χ2n) is 3.51. The highest BCUT2D eigenvalue weighted by molar-refractivity contribution is 5.75. The molecule has 8 nitrogen and oxygen atoms in total. The minimum Gasteiger partial charge on any atom is -0.481 e. The molecular formula is C9H16N2O6. The lowest BCUT2D eigenvalue weighted by Gasteiger charge is -2.22. The summed E-state index contributed by atoms with van der Waals surface area (Å²) in [5.74, 6) is -3.26. The second kappa shape index (κ2) is 7.58. The van der Waals surface area contributed by atoms with Gasteiger partial charge in [-0.05, 0) is 7.05 Å². The first-order valence-corrected chi connectivity index (χ1v) is 4.92. The summed E-state index contributed by atoms with van der Waals surface area (Å²) >= 11 is 0. The molecule has 0 aliphatic carbocycles. The van der Waals surface area contributed by atoms with Crippen molar-refractivity contribution in [3.8, 4) is 0 Å². The molecule has 0 aromatic heterocycles. The standard InChI is InChI=1S/C9H16N2O6/c1-11(5-8(14)15)6(9(16)17)4-10-3-2-7(12)13/h6,10H,2-5H2,1H3,(H,12,13)(H,14,15)(H,16,17). The fourth-order valence-electron chi connectivity index (χ4n) is 1.19. The van der Waals surface area contributed by atoms with Crippen LogP contribution in [-0.2, 0) is 14.4 Å². The number of nitrogens with zero attached hydrogens (tertiary/aromatic N) is 1. The predicted molar refractivity (Wildman–Crippen MR) is 56.8 cm³/mol. The summed E-state index contributed by atoms with van der Waals surface area (Å²) in [7, 11) is 1.38. The summed E-state index contributed by atoms with van der Waals surface area (Å²) in [4.78, 5) is 32.7. The minimum atomic E-state index is -1.16. The van der Waals surface area contributed by atoms with Crippen LogP contribution >= 0.6 is 0 Å². The maximum absolute atomic E-state index is 10.9. The maximum atomic E-state index is 10.9. The molecule has 0 amide bonds. The fourth-order valence-corrected chi connectivity index (χ4v) is 1.19. The Balaban J connectivity index is 4.11.